The molecular formula is C61H104O6. The molecule has 6 nitrogen and oxygen atoms in total. The van der Waals surface area contributed by atoms with E-state index >= 15 is 0 Å². The SMILES string of the molecule is CC/C=C\C/C=C\C/C=C\C/C=C\C/C=C\C/C=C\CCCCCCC(=O)OCC(COC(=O)CCCCCCC)OC(=O)CCCCCCCCCCC/C=C\CCCCCCCCCC. The average molecular weight is 933 g/mol. The molecule has 0 spiro atoms. The van der Waals surface area contributed by atoms with Gasteiger partial charge >= 0.3 is 17.9 Å². The lowest BCUT2D eigenvalue weighted by atomic mass is 10.1. The van der Waals surface area contributed by atoms with Gasteiger partial charge in [0.05, 0.1) is 0 Å². The molecule has 0 N–H and O–H groups in total. The minimum absolute atomic E-state index is 0.0863. The molecule has 0 saturated carbocycles. The summed E-state index contributed by atoms with van der Waals surface area (Å²) in [7, 11) is 0. The Hall–Kier alpha value is -3.41. The van der Waals surface area contributed by atoms with E-state index in [4.69, 9.17) is 14.2 Å². The van der Waals surface area contributed by atoms with Gasteiger partial charge in [0.2, 0.25) is 0 Å². The zero-order chi connectivity index (χ0) is 48.6. The van der Waals surface area contributed by atoms with E-state index in [0.29, 0.717) is 19.3 Å². The summed E-state index contributed by atoms with van der Waals surface area (Å²) in [4.78, 5) is 37.8. The van der Waals surface area contributed by atoms with Gasteiger partial charge in [0.25, 0.3) is 0 Å². The first-order valence-corrected chi connectivity index (χ1v) is 28.1. The van der Waals surface area contributed by atoms with Crippen LogP contribution in [0.25, 0.3) is 0 Å². The van der Waals surface area contributed by atoms with Crippen molar-refractivity contribution in [2.45, 2.75) is 271 Å². The van der Waals surface area contributed by atoms with Gasteiger partial charge in [-0.3, -0.25) is 14.4 Å². The third-order valence-electron chi connectivity index (χ3n) is 11.9. The first-order valence-electron chi connectivity index (χ1n) is 28.1. The monoisotopic (exact) mass is 933 g/mol. The van der Waals surface area contributed by atoms with Crippen molar-refractivity contribution in [3.8, 4) is 0 Å². The standard InChI is InChI=1S/C61H104O6/c1-4-7-10-13-15-17-19-21-23-25-27-29-30-32-33-35-37-39-41-43-45-48-51-54-60(63)66-57-58(56-65-59(62)53-50-47-12-9-6-3)67-61(64)55-52-49-46-44-42-40-38-36-34-31-28-26-24-22-20-18-16-14-11-8-5-2/h7,10,15,17,21,23,26-29,32-33,37,39,58H,4-6,8-9,11-14,16,18-20,22,24-25,30-31,34-36,38,40-57H2,1-3H3/b10-7-,17-15-,23-21-,28-26-,29-27-,33-32-,39-37-. The van der Waals surface area contributed by atoms with Crippen molar-refractivity contribution >= 4 is 17.9 Å². The van der Waals surface area contributed by atoms with Crippen molar-refractivity contribution < 1.29 is 28.6 Å². The number of ether oxygens (including phenoxy) is 3. The largest absolute Gasteiger partial charge is 0.462 e. The number of esters is 3. The highest BCUT2D eigenvalue weighted by Gasteiger charge is 2.19. The van der Waals surface area contributed by atoms with Crippen LogP contribution in [-0.2, 0) is 28.6 Å². The number of carbonyl (C=O) groups excluding carboxylic acids is 3. The molecule has 1 unspecified atom stereocenters. The first kappa shape index (κ1) is 63.6. The van der Waals surface area contributed by atoms with E-state index in [9.17, 15) is 14.4 Å². The number of hydrogen-bond donors (Lipinski definition) is 0. The fourth-order valence-electron chi connectivity index (χ4n) is 7.68. The lowest BCUT2D eigenvalue weighted by Gasteiger charge is -2.18. The van der Waals surface area contributed by atoms with Crippen LogP contribution in [0.1, 0.15) is 265 Å². The second-order valence-corrected chi connectivity index (χ2v) is 18.5. The Morgan fingerprint density at radius 1 is 0.313 bits per heavy atom. The molecule has 0 saturated heterocycles. The second kappa shape index (κ2) is 55.2. The fraction of sp³-hybridized carbons (Fsp3) is 0.721. The Morgan fingerprint density at radius 2 is 0.582 bits per heavy atom. The molecule has 0 rings (SSSR count). The quantitative estimate of drug-likeness (QED) is 0.0262. The summed E-state index contributed by atoms with van der Waals surface area (Å²) in [5, 5.41) is 0. The second-order valence-electron chi connectivity index (χ2n) is 18.5. The molecule has 0 aromatic heterocycles. The van der Waals surface area contributed by atoms with Crippen LogP contribution in [0.3, 0.4) is 0 Å². The van der Waals surface area contributed by atoms with E-state index in [1.165, 1.54) is 109 Å². The third-order valence-corrected chi connectivity index (χ3v) is 11.9. The summed E-state index contributed by atoms with van der Waals surface area (Å²) in [5.74, 6) is -0.925. The third kappa shape index (κ3) is 53.4. The summed E-state index contributed by atoms with van der Waals surface area (Å²) in [5.41, 5.74) is 0. The smallest absolute Gasteiger partial charge is 0.306 e. The summed E-state index contributed by atoms with van der Waals surface area (Å²) in [6, 6.07) is 0. The van der Waals surface area contributed by atoms with E-state index in [0.717, 1.165) is 116 Å². The molecule has 1 atom stereocenters. The van der Waals surface area contributed by atoms with Gasteiger partial charge in [-0.15, -0.1) is 0 Å². The van der Waals surface area contributed by atoms with E-state index in [1.54, 1.807) is 0 Å². The Bertz CT molecular complexity index is 1300. The normalized spacial score (nSPS) is 12.7. The summed E-state index contributed by atoms with van der Waals surface area (Å²) < 4.78 is 16.7. The number of allylic oxidation sites excluding steroid dienone is 14. The molecule has 0 radical (unpaired) electrons. The maximum atomic E-state index is 12.8. The average Bonchev–Trinajstić information content (AvgIpc) is 3.33. The van der Waals surface area contributed by atoms with Crippen LogP contribution < -0.4 is 0 Å². The molecule has 0 aromatic carbocycles. The molecule has 0 aliphatic rings. The molecule has 0 aromatic rings. The highest BCUT2D eigenvalue weighted by molar-refractivity contribution is 5.71. The van der Waals surface area contributed by atoms with Crippen molar-refractivity contribution in [1.82, 2.24) is 0 Å². The van der Waals surface area contributed by atoms with Crippen LogP contribution in [0.5, 0.6) is 0 Å². The Balaban J connectivity index is 4.18. The number of hydrogen-bond acceptors (Lipinski definition) is 6. The lowest BCUT2D eigenvalue weighted by Crippen LogP contribution is -2.30. The van der Waals surface area contributed by atoms with Gasteiger partial charge in [0.15, 0.2) is 6.10 Å². The highest BCUT2D eigenvalue weighted by atomic mass is 16.6. The van der Waals surface area contributed by atoms with Crippen molar-refractivity contribution in [2.75, 3.05) is 13.2 Å². The van der Waals surface area contributed by atoms with E-state index in [1.807, 2.05) is 0 Å². The molecule has 0 amide bonds. The van der Waals surface area contributed by atoms with E-state index in [-0.39, 0.29) is 31.1 Å². The van der Waals surface area contributed by atoms with Gasteiger partial charge in [-0.05, 0) is 96.3 Å². The van der Waals surface area contributed by atoms with Crippen LogP contribution in [-0.4, -0.2) is 37.2 Å². The van der Waals surface area contributed by atoms with Crippen LogP contribution in [0, 0.1) is 0 Å². The summed E-state index contributed by atoms with van der Waals surface area (Å²) in [6.45, 7) is 6.43. The predicted octanol–water partition coefficient (Wildman–Crippen LogP) is 18.8. The van der Waals surface area contributed by atoms with Gasteiger partial charge in [0, 0.05) is 19.3 Å². The zero-order valence-electron chi connectivity index (χ0n) is 43.9. The molecule has 6 heteroatoms. The van der Waals surface area contributed by atoms with Crippen molar-refractivity contribution in [3.05, 3.63) is 85.1 Å². The summed E-state index contributed by atoms with van der Waals surface area (Å²) in [6.07, 6.45) is 71.9. The lowest BCUT2D eigenvalue weighted by molar-refractivity contribution is -0.167. The maximum Gasteiger partial charge on any atom is 0.306 e. The van der Waals surface area contributed by atoms with Gasteiger partial charge in [-0.1, -0.05) is 234 Å². The molecule has 0 aliphatic heterocycles. The van der Waals surface area contributed by atoms with Crippen LogP contribution in [0.2, 0.25) is 0 Å². The molecule has 0 aliphatic carbocycles. The van der Waals surface area contributed by atoms with Crippen molar-refractivity contribution in [2.24, 2.45) is 0 Å². The van der Waals surface area contributed by atoms with Gasteiger partial charge in [0.1, 0.15) is 13.2 Å². The minimum Gasteiger partial charge on any atom is -0.462 e. The first-order chi connectivity index (χ1) is 33.0. The predicted molar refractivity (Wildman–Crippen MR) is 288 cm³/mol. The number of unbranched alkanes of at least 4 members (excludes halogenated alkanes) is 25. The molecule has 67 heavy (non-hydrogen) atoms. The molecular weight excluding hydrogens is 829 g/mol. The maximum absolute atomic E-state index is 12.8. The van der Waals surface area contributed by atoms with E-state index < -0.39 is 6.10 Å². The topological polar surface area (TPSA) is 78.9 Å². The molecule has 384 valence electrons. The highest BCUT2D eigenvalue weighted by Crippen LogP contribution is 2.15. The Kier molecular flexibility index (Phi) is 52.4. The van der Waals surface area contributed by atoms with E-state index in [2.05, 4.69) is 106 Å². The molecule has 0 heterocycles. The van der Waals surface area contributed by atoms with Gasteiger partial charge in [-0.25, -0.2) is 0 Å². The van der Waals surface area contributed by atoms with Crippen LogP contribution in [0.4, 0.5) is 0 Å². The van der Waals surface area contributed by atoms with Crippen molar-refractivity contribution in [3.63, 3.8) is 0 Å². The zero-order valence-corrected chi connectivity index (χ0v) is 43.9. The molecule has 0 fully saturated rings. The number of carbonyl (C=O) groups is 3. The fourth-order valence-corrected chi connectivity index (χ4v) is 7.68. The number of rotatable bonds is 50. The Labute approximate surface area is 414 Å². The van der Waals surface area contributed by atoms with Crippen LogP contribution >= 0.6 is 0 Å². The Morgan fingerprint density at radius 3 is 0.925 bits per heavy atom. The summed E-state index contributed by atoms with van der Waals surface area (Å²) >= 11 is 0. The van der Waals surface area contributed by atoms with Crippen molar-refractivity contribution in [1.29, 1.82) is 0 Å². The van der Waals surface area contributed by atoms with Gasteiger partial charge < -0.3 is 14.2 Å². The minimum atomic E-state index is -0.785. The van der Waals surface area contributed by atoms with Gasteiger partial charge in [-0.2, -0.15) is 0 Å². The molecule has 0 bridgehead atoms. The van der Waals surface area contributed by atoms with Crippen LogP contribution in [0.15, 0.2) is 85.1 Å².